The van der Waals surface area contributed by atoms with Gasteiger partial charge in [-0.2, -0.15) is 0 Å². The van der Waals surface area contributed by atoms with Crippen molar-refractivity contribution in [3.63, 3.8) is 0 Å². The van der Waals surface area contributed by atoms with Crippen molar-refractivity contribution < 1.29 is 14.6 Å². The molecule has 8 heteroatoms. The second-order valence-electron chi connectivity index (χ2n) is 4.58. The molecule has 0 unspecified atom stereocenters. The van der Waals surface area contributed by atoms with Crippen molar-refractivity contribution in [3.05, 3.63) is 84.7 Å². The molecule has 0 fully saturated rings. The number of carbonyl (C=O) groups excluding carboxylic acids is 1. The summed E-state index contributed by atoms with van der Waals surface area (Å²) in [6.07, 6.45) is 0. The van der Waals surface area contributed by atoms with Crippen molar-refractivity contribution in [2.75, 3.05) is 0 Å². The molecule has 0 bridgehead atoms. The molecule has 0 saturated heterocycles. The van der Waals surface area contributed by atoms with E-state index < -0.39 is 10.9 Å². The Labute approximate surface area is 144 Å². The Morgan fingerprint density at radius 2 is 1.58 bits per heavy atom. The first-order valence-electron chi connectivity index (χ1n) is 6.76. The number of rotatable bonds is 5. The Kier molecular flexibility index (Phi) is 4.78. The highest BCUT2D eigenvalue weighted by Gasteiger charge is 2.14. The molecule has 3 rings (SSSR count). The standard InChI is InChI=1S/C16H10N2O4S2/c19-16(11-5-7-12(8-6-11)18(20)21)22-17-15(13-3-1-9-23-13)14-4-2-10-24-14/h1-10H. The number of oxime groups is 1. The van der Waals surface area contributed by atoms with Gasteiger partial charge >= 0.3 is 5.97 Å². The minimum atomic E-state index is -0.671. The van der Waals surface area contributed by atoms with Crippen LogP contribution in [-0.4, -0.2) is 16.6 Å². The molecule has 2 heterocycles. The summed E-state index contributed by atoms with van der Waals surface area (Å²) in [6, 6.07) is 12.7. The number of nitro benzene ring substituents is 1. The van der Waals surface area contributed by atoms with E-state index in [1.807, 2.05) is 35.0 Å². The highest BCUT2D eigenvalue weighted by Crippen LogP contribution is 2.20. The van der Waals surface area contributed by atoms with E-state index in [0.29, 0.717) is 5.71 Å². The predicted octanol–water partition coefficient (Wildman–Crippen LogP) is 4.33. The third-order valence-corrected chi connectivity index (χ3v) is 4.80. The van der Waals surface area contributed by atoms with E-state index in [0.717, 1.165) is 9.75 Å². The molecule has 2 aromatic heterocycles. The van der Waals surface area contributed by atoms with E-state index in [4.69, 9.17) is 4.84 Å². The third kappa shape index (κ3) is 3.55. The molecule has 0 radical (unpaired) electrons. The summed E-state index contributed by atoms with van der Waals surface area (Å²) in [5, 5.41) is 18.5. The summed E-state index contributed by atoms with van der Waals surface area (Å²) in [5.74, 6) is -0.671. The fourth-order valence-electron chi connectivity index (χ4n) is 1.90. The highest BCUT2D eigenvalue weighted by molar-refractivity contribution is 7.15. The van der Waals surface area contributed by atoms with E-state index in [1.165, 1.54) is 46.9 Å². The average molecular weight is 358 g/mol. The monoisotopic (exact) mass is 358 g/mol. The Bertz CT molecular complexity index is 833. The van der Waals surface area contributed by atoms with Gasteiger partial charge in [0, 0.05) is 12.1 Å². The second kappa shape index (κ2) is 7.16. The smallest absolute Gasteiger partial charge is 0.312 e. The second-order valence-corrected chi connectivity index (χ2v) is 6.47. The van der Waals surface area contributed by atoms with Crippen LogP contribution in [0.15, 0.2) is 64.4 Å². The quantitative estimate of drug-likeness (QED) is 0.294. The first-order chi connectivity index (χ1) is 11.6. The summed E-state index contributed by atoms with van der Waals surface area (Å²) >= 11 is 2.98. The van der Waals surface area contributed by atoms with Crippen molar-refractivity contribution in [1.29, 1.82) is 0 Å². The molecule has 0 spiro atoms. The maximum atomic E-state index is 12.1. The topological polar surface area (TPSA) is 81.8 Å². The van der Waals surface area contributed by atoms with Crippen LogP contribution < -0.4 is 0 Å². The highest BCUT2D eigenvalue weighted by atomic mass is 32.1. The van der Waals surface area contributed by atoms with E-state index in [1.54, 1.807) is 0 Å². The molecule has 0 aliphatic heterocycles. The van der Waals surface area contributed by atoms with E-state index >= 15 is 0 Å². The lowest BCUT2D eigenvalue weighted by molar-refractivity contribution is -0.384. The van der Waals surface area contributed by atoms with Crippen LogP contribution in [-0.2, 0) is 4.84 Å². The van der Waals surface area contributed by atoms with Crippen LogP contribution in [0.25, 0.3) is 0 Å². The van der Waals surface area contributed by atoms with Gasteiger partial charge in [-0.1, -0.05) is 17.3 Å². The first-order valence-corrected chi connectivity index (χ1v) is 8.52. The van der Waals surface area contributed by atoms with Crippen molar-refractivity contribution in [2.24, 2.45) is 5.16 Å². The van der Waals surface area contributed by atoms with Crippen LogP contribution in [0, 0.1) is 10.1 Å². The van der Waals surface area contributed by atoms with Gasteiger partial charge in [-0.3, -0.25) is 10.1 Å². The lowest BCUT2D eigenvalue weighted by Crippen LogP contribution is -2.05. The minimum absolute atomic E-state index is 0.0899. The lowest BCUT2D eigenvalue weighted by Gasteiger charge is -2.02. The maximum absolute atomic E-state index is 12.1. The van der Waals surface area contributed by atoms with Gasteiger partial charge in [-0.25, -0.2) is 4.79 Å². The van der Waals surface area contributed by atoms with Gasteiger partial charge in [0.15, 0.2) is 0 Å². The van der Waals surface area contributed by atoms with Gasteiger partial charge < -0.3 is 4.84 Å². The molecule has 1 aromatic carbocycles. The van der Waals surface area contributed by atoms with Gasteiger partial charge in [0.1, 0.15) is 5.71 Å². The fourth-order valence-corrected chi connectivity index (χ4v) is 3.40. The normalized spacial score (nSPS) is 10.2. The average Bonchev–Trinajstić information content (AvgIpc) is 3.29. The van der Waals surface area contributed by atoms with Crippen LogP contribution in [0.2, 0.25) is 0 Å². The first kappa shape index (κ1) is 16.0. The zero-order valence-corrected chi connectivity index (χ0v) is 13.8. The summed E-state index contributed by atoms with van der Waals surface area (Å²) in [5.41, 5.74) is 0.684. The van der Waals surface area contributed by atoms with Crippen LogP contribution in [0.3, 0.4) is 0 Å². The molecule has 0 saturated carbocycles. The number of hydrogen-bond donors (Lipinski definition) is 0. The minimum Gasteiger partial charge on any atom is -0.312 e. The Hall–Kier alpha value is -2.84. The lowest BCUT2D eigenvalue weighted by atomic mass is 10.2. The Morgan fingerprint density at radius 3 is 2.04 bits per heavy atom. The number of nitro groups is 1. The molecule has 120 valence electrons. The predicted molar refractivity (Wildman–Crippen MR) is 92.8 cm³/mol. The summed E-state index contributed by atoms with van der Waals surface area (Å²) in [7, 11) is 0. The van der Waals surface area contributed by atoms with Crippen molar-refractivity contribution in [2.45, 2.75) is 0 Å². The molecule has 0 N–H and O–H groups in total. The number of nitrogens with zero attached hydrogens (tertiary/aromatic N) is 2. The zero-order chi connectivity index (χ0) is 16.9. The van der Waals surface area contributed by atoms with Crippen LogP contribution in [0.1, 0.15) is 20.1 Å². The summed E-state index contributed by atoms with van der Waals surface area (Å²) in [4.78, 5) is 29.0. The third-order valence-electron chi connectivity index (χ3n) is 3.04. The molecule has 3 aromatic rings. The van der Waals surface area contributed by atoms with Crippen molar-refractivity contribution in [1.82, 2.24) is 0 Å². The van der Waals surface area contributed by atoms with Gasteiger partial charge in [0.25, 0.3) is 5.69 Å². The number of thiophene rings is 2. The van der Waals surface area contributed by atoms with Crippen molar-refractivity contribution in [3.8, 4) is 0 Å². The van der Waals surface area contributed by atoms with E-state index in [-0.39, 0.29) is 11.3 Å². The molecular weight excluding hydrogens is 348 g/mol. The van der Waals surface area contributed by atoms with E-state index in [2.05, 4.69) is 5.16 Å². The SMILES string of the molecule is O=C(ON=C(c1cccs1)c1cccs1)c1ccc([N+](=O)[O-])cc1. The van der Waals surface area contributed by atoms with E-state index in [9.17, 15) is 14.9 Å². The zero-order valence-electron chi connectivity index (χ0n) is 12.1. The number of carbonyl (C=O) groups is 1. The molecule has 0 atom stereocenters. The Morgan fingerprint density at radius 1 is 1.00 bits per heavy atom. The van der Waals surface area contributed by atoms with Crippen LogP contribution in [0.5, 0.6) is 0 Å². The maximum Gasteiger partial charge on any atom is 0.365 e. The molecular formula is C16H10N2O4S2. The van der Waals surface area contributed by atoms with Gasteiger partial charge in [-0.05, 0) is 35.0 Å². The molecule has 0 aliphatic carbocycles. The molecule has 0 amide bonds. The van der Waals surface area contributed by atoms with Gasteiger partial charge in [-0.15, -0.1) is 22.7 Å². The number of non-ortho nitro benzene ring substituents is 1. The molecule has 6 nitrogen and oxygen atoms in total. The van der Waals surface area contributed by atoms with Crippen LogP contribution >= 0.6 is 22.7 Å². The largest absolute Gasteiger partial charge is 0.365 e. The Balaban J connectivity index is 1.81. The summed E-state index contributed by atoms with van der Waals surface area (Å²) < 4.78 is 0. The summed E-state index contributed by atoms with van der Waals surface area (Å²) in [6.45, 7) is 0. The van der Waals surface area contributed by atoms with Gasteiger partial charge in [0.2, 0.25) is 0 Å². The number of hydrogen-bond acceptors (Lipinski definition) is 7. The van der Waals surface area contributed by atoms with Crippen LogP contribution in [0.4, 0.5) is 5.69 Å². The molecule has 0 aliphatic rings. The molecule has 24 heavy (non-hydrogen) atoms. The van der Waals surface area contributed by atoms with Gasteiger partial charge in [0.05, 0.1) is 20.2 Å². The fraction of sp³-hybridized carbons (Fsp3) is 0. The van der Waals surface area contributed by atoms with Crippen molar-refractivity contribution >= 4 is 40.0 Å². The number of benzene rings is 1.